The summed E-state index contributed by atoms with van der Waals surface area (Å²) in [6.45, 7) is 13.3. The van der Waals surface area contributed by atoms with Crippen molar-refractivity contribution in [3.05, 3.63) is 0 Å². The fraction of sp³-hybridized carbons (Fsp3) is 1.00. The van der Waals surface area contributed by atoms with Crippen LogP contribution in [-0.2, 0) is 0 Å². The molecule has 19 heavy (non-hydrogen) atoms. The van der Waals surface area contributed by atoms with Crippen molar-refractivity contribution in [2.45, 2.75) is 78.3 Å². The molecule has 2 nitrogen and oxygen atoms in total. The summed E-state index contributed by atoms with van der Waals surface area (Å²) in [5.41, 5.74) is 0.509. The molecule has 2 heteroatoms. The van der Waals surface area contributed by atoms with E-state index >= 15 is 0 Å². The molecule has 0 aromatic carbocycles. The van der Waals surface area contributed by atoms with E-state index in [0.717, 1.165) is 24.5 Å². The van der Waals surface area contributed by atoms with Crippen LogP contribution >= 0.6 is 0 Å². The van der Waals surface area contributed by atoms with Crippen molar-refractivity contribution in [1.82, 2.24) is 10.2 Å². The van der Waals surface area contributed by atoms with Crippen molar-refractivity contribution in [1.29, 1.82) is 0 Å². The monoisotopic (exact) mass is 266 g/mol. The fourth-order valence-electron chi connectivity index (χ4n) is 4.06. The summed E-state index contributed by atoms with van der Waals surface area (Å²) < 4.78 is 0. The minimum atomic E-state index is 0.509. The second-order valence-electron chi connectivity index (χ2n) is 7.74. The summed E-state index contributed by atoms with van der Waals surface area (Å²) in [7, 11) is 0. The van der Waals surface area contributed by atoms with Gasteiger partial charge in [-0.15, -0.1) is 0 Å². The van der Waals surface area contributed by atoms with Gasteiger partial charge in [0.25, 0.3) is 0 Å². The predicted octanol–water partition coefficient (Wildman–Crippen LogP) is 3.67. The van der Waals surface area contributed by atoms with Crippen LogP contribution < -0.4 is 5.32 Å². The van der Waals surface area contributed by atoms with Gasteiger partial charge >= 0.3 is 0 Å². The molecule has 0 aromatic rings. The molecule has 2 rings (SSSR count). The Kier molecular flexibility index (Phi) is 5.30. The summed E-state index contributed by atoms with van der Waals surface area (Å²) in [6, 6.07) is 1.68. The van der Waals surface area contributed by atoms with Crippen molar-refractivity contribution < 1.29 is 0 Å². The smallest absolute Gasteiger partial charge is 0.00964 e. The number of hydrogen-bond donors (Lipinski definition) is 1. The molecule has 1 saturated carbocycles. The van der Waals surface area contributed by atoms with E-state index < -0.39 is 0 Å². The maximum Gasteiger partial charge on any atom is 0.00964 e. The lowest BCUT2D eigenvalue weighted by Crippen LogP contribution is -2.46. The van der Waals surface area contributed by atoms with Gasteiger partial charge in [0.1, 0.15) is 0 Å². The Morgan fingerprint density at radius 2 is 1.53 bits per heavy atom. The molecule has 0 amide bonds. The van der Waals surface area contributed by atoms with E-state index in [9.17, 15) is 0 Å². The second kappa shape index (κ2) is 6.58. The molecule has 1 heterocycles. The highest BCUT2D eigenvalue weighted by Gasteiger charge is 2.32. The van der Waals surface area contributed by atoms with Crippen LogP contribution in [0.3, 0.4) is 0 Å². The molecular weight excluding hydrogens is 232 g/mol. The highest BCUT2D eigenvalue weighted by molar-refractivity contribution is 4.87. The number of piperidine rings is 1. The molecule has 0 spiro atoms. The zero-order valence-corrected chi connectivity index (χ0v) is 13.5. The van der Waals surface area contributed by atoms with Gasteiger partial charge in [0.2, 0.25) is 0 Å². The van der Waals surface area contributed by atoms with Crippen LogP contribution in [-0.4, -0.2) is 36.6 Å². The Balaban J connectivity index is 1.74. The highest BCUT2D eigenvalue weighted by atomic mass is 15.2. The molecule has 0 radical (unpaired) electrons. The maximum atomic E-state index is 3.62. The van der Waals surface area contributed by atoms with Crippen molar-refractivity contribution in [3.63, 3.8) is 0 Å². The number of nitrogens with one attached hydrogen (secondary N) is 1. The first-order valence-electron chi connectivity index (χ1n) is 8.48. The van der Waals surface area contributed by atoms with Crippen LogP contribution in [0.5, 0.6) is 0 Å². The fourth-order valence-corrected chi connectivity index (χ4v) is 4.06. The van der Waals surface area contributed by atoms with Gasteiger partial charge in [0.05, 0.1) is 0 Å². The molecule has 1 N–H and O–H groups in total. The van der Waals surface area contributed by atoms with Crippen LogP contribution in [0.1, 0.15) is 66.2 Å². The summed E-state index contributed by atoms with van der Waals surface area (Å²) in [5.74, 6) is 0.932. The molecular formula is C17H34N2. The zero-order chi connectivity index (χ0) is 13.9. The Bertz CT molecular complexity index is 253. The number of rotatable bonds is 3. The van der Waals surface area contributed by atoms with E-state index in [0.29, 0.717) is 5.41 Å². The van der Waals surface area contributed by atoms with Crippen molar-refractivity contribution in [2.75, 3.05) is 19.6 Å². The summed E-state index contributed by atoms with van der Waals surface area (Å²) in [6.07, 6.45) is 8.43. The molecule has 2 fully saturated rings. The molecule has 1 aliphatic heterocycles. The maximum absolute atomic E-state index is 3.62. The third-order valence-electron chi connectivity index (χ3n) is 5.46. The van der Waals surface area contributed by atoms with E-state index in [1.807, 2.05) is 0 Å². The lowest BCUT2D eigenvalue weighted by atomic mass is 9.75. The van der Waals surface area contributed by atoms with Gasteiger partial charge in [0, 0.05) is 12.1 Å². The number of likely N-dealkylation sites (tertiary alicyclic amines) is 1. The Labute approximate surface area is 120 Å². The van der Waals surface area contributed by atoms with Gasteiger partial charge in [-0.3, -0.25) is 0 Å². The molecule has 112 valence electrons. The standard InChI is InChI=1S/C17H34N2/c1-5-18-15-6-8-16(9-7-15)19-12-10-14(11-13-19)17(2,3)4/h14-16,18H,5-13H2,1-4H3. The first-order chi connectivity index (χ1) is 9.00. The molecule has 2 aliphatic rings. The Morgan fingerprint density at radius 1 is 0.947 bits per heavy atom. The van der Waals surface area contributed by atoms with Gasteiger partial charge < -0.3 is 10.2 Å². The largest absolute Gasteiger partial charge is 0.314 e. The van der Waals surface area contributed by atoms with Crippen LogP contribution in [0.15, 0.2) is 0 Å². The Morgan fingerprint density at radius 3 is 2.00 bits per heavy atom. The molecule has 0 unspecified atom stereocenters. The predicted molar refractivity (Wildman–Crippen MR) is 83.5 cm³/mol. The molecule has 0 bridgehead atoms. The molecule has 1 aliphatic carbocycles. The first-order valence-corrected chi connectivity index (χ1v) is 8.48. The minimum absolute atomic E-state index is 0.509. The van der Waals surface area contributed by atoms with Crippen LogP contribution in [0.4, 0.5) is 0 Å². The first kappa shape index (κ1) is 15.3. The van der Waals surface area contributed by atoms with Crippen molar-refractivity contribution in [3.8, 4) is 0 Å². The lowest BCUT2D eigenvalue weighted by molar-refractivity contribution is 0.0645. The highest BCUT2D eigenvalue weighted by Crippen LogP contribution is 2.36. The summed E-state index contributed by atoms with van der Waals surface area (Å²) >= 11 is 0. The number of nitrogens with zero attached hydrogens (tertiary/aromatic N) is 1. The van der Waals surface area contributed by atoms with E-state index in [1.54, 1.807) is 0 Å². The molecule has 1 saturated heterocycles. The third-order valence-corrected chi connectivity index (χ3v) is 5.46. The van der Waals surface area contributed by atoms with Gasteiger partial charge in [-0.25, -0.2) is 0 Å². The van der Waals surface area contributed by atoms with Crippen molar-refractivity contribution in [2.24, 2.45) is 11.3 Å². The van der Waals surface area contributed by atoms with Gasteiger partial charge in [-0.1, -0.05) is 27.7 Å². The Hall–Kier alpha value is -0.0800. The van der Waals surface area contributed by atoms with E-state index in [-0.39, 0.29) is 0 Å². The van der Waals surface area contributed by atoms with Crippen LogP contribution in [0.2, 0.25) is 0 Å². The minimum Gasteiger partial charge on any atom is -0.314 e. The second-order valence-corrected chi connectivity index (χ2v) is 7.74. The SMILES string of the molecule is CCNC1CCC(N2CCC(C(C)(C)C)CC2)CC1. The lowest BCUT2D eigenvalue weighted by Gasteiger charge is -2.44. The van der Waals surface area contributed by atoms with Gasteiger partial charge in [0.15, 0.2) is 0 Å². The van der Waals surface area contributed by atoms with E-state index in [1.165, 1.54) is 51.6 Å². The topological polar surface area (TPSA) is 15.3 Å². The van der Waals surface area contributed by atoms with Crippen LogP contribution in [0.25, 0.3) is 0 Å². The van der Waals surface area contributed by atoms with E-state index in [2.05, 4.69) is 37.9 Å². The molecule has 0 atom stereocenters. The van der Waals surface area contributed by atoms with Gasteiger partial charge in [-0.05, 0) is 69.5 Å². The summed E-state index contributed by atoms with van der Waals surface area (Å²) in [4.78, 5) is 2.80. The molecule has 0 aromatic heterocycles. The summed E-state index contributed by atoms with van der Waals surface area (Å²) in [5, 5.41) is 3.62. The average Bonchev–Trinajstić information content (AvgIpc) is 2.39. The average molecular weight is 266 g/mol. The van der Waals surface area contributed by atoms with Crippen molar-refractivity contribution >= 4 is 0 Å². The quantitative estimate of drug-likeness (QED) is 0.838. The number of hydrogen-bond acceptors (Lipinski definition) is 2. The zero-order valence-electron chi connectivity index (χ0n) is 13.5. The normalized spacial score (nSPS) is 31.6. The third kappa shape index (κ3) is 4.19. The van der Waals surface area contributed by atoms with Crippen LogP contribution in [0, 0.1) is 11.3 Å². The van der Waals surface area contributed by atoms with Gasteiger partial charge in [-0.2, -0.15) is 0 Å². The van der Waals surface area contributed by atoms with E-state index in [4.69, 9.17) is 0 Å².